The molecule has 0 saturated carbocycles. The first-order valence-corrected chi connectivity index (χ1v) is 6.53. The molecule has 2 N–H and O–H groups in total. The van der Waals surface area contributed by atoms with Crippen LogP contribution in [0.4, 0.5) is 13.2 Å². The fourth-order valence-electron chi connectivity index (χ4n) is 2.70. The molecule has 1 aliphatic rings. The van der Waals surface area contributed by atoms with Gasteiger partial charge in [-0.25, -0.2) is 0 Å². The fourth-order valence-corrected chi connectivity index (χ4v) is 2.70. The molecule has 1 heterocycles. The molecule has 0 radical (unpaired) electrons. The van der Waals surface area contributed by atoms with Crippen LogP contribution in [0.5, 0.6) is 0 Å². The van der Waals surface area contributed by atoms with Gasteiger partial charge in [-0.05, 0) is 44.0 Å². The zero-order chi connectivity index (χ0) is 14.9. The van der Waals surface area contributed by atoms with Crippen LogP contribution < -0.4 is 5.73 Å². The van der Waals surface area contributed by atoms with Gasteiger partial charge in [0.1, 0.15) is 0 Å². The van der Waals surface area contributed by atoms with Crippen LogP contribution in [0.1, 0.15) is 36.9 Å². The van der Waals surface area contributed by atoms with Gasteiger partial charge in [0, 0.05) is 6.04 Å². The molecule has 1 amide bonds. The number of likely N-dealkylation sites (tertiary alicyclic amines) is 1. The third-order valence-corrected chi connectivity index (χ3v) is 3.84. The van der Waals surface area contributed by atoms with Crippen molar-refractivity contribution < 1.29 is 18.0 Å². The molecule has 0 aliphatic carbocycles. The highest BCUT2D eigenvalue weighted by Gasteiger charge is 2.34. The van der Waals surface area contributed by atoms with Gasteiger partial charge in [0.2, 0.25) is 5.91 Å². The van der Waals surface area contributed by atoms with Crippen LogP contribution in [0.2, 0.25) is 0 Å². The molecule has 110 valence electrons. The lowest BCUT2D eigenvalue weighted by Gasteiger charge is -2.29. The second kappa shape index (κ2) is 5.44. The minimum atomic E-state index is -4.33. The number of alkyl halides is 3. The van der Waals surface area contributed by atoms with E-state index in [0.29, 0.717) is 6.42 Å². The van der Waals surface area contributed by atoms with E-state index in [1.165, 1.54) is 12.1 Å². The number of hydrogen-bond acceptors (Lipinski definition) is 2. The molecule has 0 bridgehead atoms. The Labute approximate surface area is 115 Å². The van der Waals surface area contributed by atoms with Crippen molar-refractivity contribution >= 4 is 5.91 Å². The lowest BCUT2D eigenvalue weighted by molar-refractivity contribution is -0.137. The lowest BCUT2D eigenvalue weighted by atomic mass is 10.0. The van der Waals surface area contributed by atoms with Crippen LogP contribution in [0.25, 0.3) is 0 Å². The summed E-state index contributed by atoms with van der Waals surface area (Å²) in [5.41, 5.74) is 5.45. The predicted molar refractivity (Wildman–Crippen MR) is 68.8 cm³/mol. The van der Waals surface area contributed by atoms with Gasteiger partial charge in [0.05, 0.1) is 11.6 Å². The largest absolute Gasteiger partial charge is 0.416 e. The Bertz CT molecular complexity index is 484. The summed E-state index contributed by atoms with van der Waals surface area (Å²) in [6, 6.07) is 4.61. The van der Waals surface area contributed by atoms with Crippen molar-refractivity contribution in [3.8, 4) is 0 Å². The highest BCUT2D eigenvalue weighted by molar-refractivity contribution is 5.80. The third-order valence-electron chi connectivity index (χ3n) is 3.84. The number of carbonyl (C=O) groups excluding carboxylic acids is 1. The Hall–Kier alpha value is -1.56. The number of primary amides is 1. The average molecular weight is 286 g/mol. The van der Waals surface area contributed by atoms with E-state index >= 15 is 0 Å². The van der Waals surface area contributed by atoms with Crippen molar-refractivity contribution in [1.82, 2.24) is 4.90 Å². The molecule has 0 spiro atoms. The maximum atomic E-state index is 12.5. The zero-order valence-corrected chi connectivity index (χ0v) is 11.2. The number of nitrogens with zero attached hydrogens (tertiary/aromatic N) is 1. The summed E-state index contributed by atoms with van der Waals surface area (Å²) in [6.45, 7) is 2.61. The second-order valence-electron chi connectivity index (χ2n) is 5.09. The van der Waals surface area contributed by atoms with Crippen LogP contribution in [0.15, 0.2) is 24.3 Å². The van der Waals surface area contributed by atoms with Crippen LogP contribution in [0, 0.1) is 0 Å². The summed E-state index contributed by atoms with van der Waals surface area (Å²) in [6.07, 6.45) is -2.75. The molecule has 1 fully saturated rings. The van der Waals surface area contributed by atoms with E-state index in [0.717, 1.165) is 30.7 Å². The molecule has 1 unspecified atom stereocenters. The van der Waals surface area contributed by atoms with E-state index in [1.807, 2.05) is 11.8 Å². The topological polar surface area (TPSA) is 46.3 Å². The monoisotopic (exact) mass is 286 g/mol. The van der Waals surface area contributed by atoms with E-state index < -0.39 is 11.7 Å². The van der Waals surface area contributed by atoms with Crippen LogP contribution >= 0.6 is 0 Å². The molecular formula is C14H17F3N2O. The summed E-state index contributed by atoms with van der Waals surface area (Å²) >= 11 is 0. The summed E-state index contributed by atoms with van der Waals surface area (Å²) in [4.78, 5) is 13.3. The van der Waals surface area contributed by atoms with Crippen molar-refractivity contribution in [1.29, 1.82) is 0 Å². The van der Waals surface area contributed by atoms with Gasteiger partial charge in [0.15, 0.2) is 0 Å². The molecule has 1 saturated heterocycles. The minimum Gasteiger partial charge on any atom is -0.368 e. The fraction of sp³-hybridized carbons (Fsp3) is 0.500. The number of rotatable bonds is 3. The van der Waals surface area contributed by atoms with Gasteiger partial charge in [-0.1, -0.05) is 12.1 Å². The van der Waals surface area contributed by atoms with Crippen LogP contribution in [0.3, 0.4) is 0 Å². The van der Waals surface area contributed by atoms with E-state index in [1.54, 1.807) is 0 Å². The summed E-state index contributed by atoms with van der Waals surface area (Å²) < 4.78 is 37.6. The maximum Gasteiger partial charge on any atom is 0.416 e. The molecule has 2 rings (SSSR count). The first-order valence-electron chi connectivity index (χ1n) is 6.53. The summed E-state index contributed by atoms with van der Waals surface area (Å²) in [5.74, 6) is -0.374. The maximum absolute atomic E-state index is 12.5. The van der Waals surface area contributed by atoms with Crippen molar-refractivity contribution in [3.63, 3.8) is 0 Å². The zero-order valence-electron chi connectivity index (χ0n) is 11.2. The first kappa shape index (κ1) is 14.8. The second-order valence-corrected chi connectivity index (χ2v) is 5.09. The number of amides is 1. The van der Waals surface area contributed by atoms with Crippen LogP contribution in [-0.2, 0) is 11.0 Å². The lowest BCUT2D eigenvalue weighted by Crippen LogP contribution is -2.41. The number of carbonyl (C=O) groups is 1. The number of halogens is 3. The molecule has 3 nitrogen and oxygen atoms in total. The Balaban J connectivity index is 2.17. The van der Waals surface area contributed by atoms with Gasteiger partial charge in [-0.3, -0.25) is 9.69 Å². The Morgan fingerprint density at radius 3 is 2.45 bits per heavy atom. The molecule has 2 atom stereocenters. The van der Waals surface area contributed by atoms with Crippen molar-refractivity contribution in [2.45, 2.75) is 38.0 Å². The standard InChI is InChI=1S/C14H17F3N2O/c1-9(19-8-2-3-12(19)13(18)20)10-4-6-11(7-5-10)14(15,16)17/h4-7,9,12H,2-3,8H2,1H3,(H2,18,20)/t9-,12?/m1/s1. The van der Waals surface area contributed by atoms with Crippen molar-refractivity contribution in [2.75, 3.05) is 6.54 Å². The van der Waals surface area contributed by atoms with Gasteiger partial charge < -0.3 is 5.73 Å². The van der Waals surface area contributed by atoms with Gasteiger partial charge >= 0.3 is 6.18 Å². The number of benzene rings is 1. The van der Waals surface area contributed by atoms with Gasteiger partial charge in [0.25, 0.3) is 0 Å². The quantitative estimate of drug-likeness (QED) is 0.928. The Kier molecular flexibility index (Phi) is 4.04. The van der Waals surface area contributed by atoms with Gasteiger partial charge in [-0.15, -0.1) is 0 Å². The highest BCUT2D eigenvalue weighted by Crippen LogP contribution is 2.32. The molecule has 1 aliphatic heterocycles. The normalized spacial score (nSPS) is 21.9. The number of hydrogen-bond donors (Lipinski definition) is 1. The molecule has 1 aromatic carbocycles. The van der Waals surface area contributed by atoms with Crippen molar-refractivity contribution in [2.24, 2.45) is 5.73 Å². The molecule has 1 aromatic rings. The van der Waals surface area contributed by atoms with E-state index in [9.17, 15) is 18.0 Å². The average Bonchev–Trinajstić information content (AvgIpc) is 2.86. The van der Waals surface area contributed by atoms with E-state index in [4.69, 9.17) is 5.73 Å². The van der Waals surface area contributed by atoms with E-state index in [-0.39, 0.29) is 18.0 Å². The SMILES string of the molecule is C[C@H](c1ccc(C(F)(F)F)cc1)N1CCCC1C(N)=O. The minimum absolute atomic E-state index is 0.128. The molecular weight excluding hydrogens is 269 g/mol. The summed E-state index contributed by atoms with van der Waals surface area (Å²) in [5, 5.41) is 0. The molecule has 6 heteroatoms. The molecule has 0 aromatic heterocycles. The third kappa shape index (κ3) is 2.95. The molecule has 20 heavy (non-hydrogen) atoms. The van der Waals surface area contributed by atoms with Crippen molar-refractivity contribution in [3.05, 3.63) is 35.4 Å². The number of nitrogens with two attached hydrogens (primary N) is 1. The highest BCUT2D eigenvalue weighted by atomic mass is 19.4. The van der Waals surface area contributed by atoms with E-state index in [2.05, 4.69) is 0 Å². The summed E-state index contributed by atoms with van der Waals surface area (Å²) in [7, 11) is 0. The van der Waals surface area contributed by atoms with Gasteiger partial charge in [-0.2, -0.15) is 13.2 Å². The van der Waals surface area contributed by atoms with Crippen LogP contribution in [-0.4, -0.2) is 23.4 Å². The predicted octanol–water partition coefficient (Wildman–Crippen LogP) is 2.72. The first-order chi connectivity index (χ1) is 9.30. The Morgan fingerprint density at radius 1 is 1.35 bits per heavy atom. The smallest absolute Gasteiger partial charge is 0.368 e. The Morgan fingerprint density at radius 2 is 1.95 bits per heavy atom.